The zero-order valence-corrected chi connectivity index (χ0v) is 32.8. The van der Waals surface area contributed by atoms with Crippen LogP contribution >= 0.6 is 0 Å². The van der Waals surface area contributed by atoms with Gasteiger partial charge in [-0.05, 0) is 44.9 Å². The number of unbranched alkanes of at least 4 members (excludes halogenated alkanes) is 26. The molecule has 0 spiro atoms. The molecule has 1 unspecified atom stereocenters. The number of esters is 1. The molecule has 46 heavy (non-hydrogen) atoms. The van der Waals surface area contributed by atoms with Crippen molar-refractivity contribution in [2.24, 2.45) is 5.41 Å². The van der Waals surface area contributed by atoms with Crippen LogP contribution in [0.25, 0.3) is 0 Å². The summed E-state index contributed by atoms with van der Waals surface area (Å²) < 4.78 is 6.70. The Hall–Kier alpha value is -0.530. The van der Waals surface area contributed by atoms with Crippen LogP contribution in [0.4, 0.5) is 0 Å². The normalized spacial score (nSPS) is 12.5. The van der Waals surface area contributed by atoms with E-state index in [0.29, 0.717) is 0 Å². The molecule has 2 heteroatoms. The second-order valence-corrected chi connectivity index (χ2v) is 15.3. The molecule has 0 bridgehead atoms. The van der Waals surface area contributed by atoms with Crippen molar-refractivity contribution < 1.29 is 9.53 Å². The molecule has 0 fully saturated rings. The molecule has 0 aromatic heterocycles. The van der Waals surface area contributed by atoms with Crippen molar-refractivity contribution >= 4 is 5.97 Å². The Morgan fingerprint density at radius 2 is 0.609 bits per heavy atom. The predicted octanol–water partition coefficient (Wildman–Crippen LogP) is 16.0. The van der Waals surface area contributed by atoms with Crippen LogP contribution in [0, 0.1) is 5.41 Å². The fourth-order valence-electron chi connectivity index (χ4n) is 7.43. The number of hydrogen-bond donors (Lipinski definition) is 0. The molecule has 0 N–H and O–H groups in total. The van der Waals surface area contributed by atoms with Gasteiger partial charge in [-0.2, -0.15) is 0 Å². The highest BCUT2D eigenvalue weighted by Crippen LogP contribution is 2.40. The van der Waals surface area contributed by atoms with Crippen molar-refractivity contribution in [2.75, 3.05) is 0 Å². The van der Waals surface area contributed by atoms with E-state index in [9.17, 15) is 4.79 Å². The monoisotopic (exact) mass is 649 g/mol. The lowest BCUT2D eigenvalue weighted by atomic mass is 9.73. The Kier molecular flexibility index (Phi) is 35.4. The van der Waals surface area contributed by atoms with Gasteiger partial charge in [-0.1, -0.05) is 221 Å². The maximum atomic E-state index is 14.5. The Morgan fingerprint density at radius 3 is 0.935 bits per heavy atom. The van der Waals surface area contributed by atoms with Gasteiger partial charge in [0.05, 0.1) is 5.41 Å². The molecule has 2 nitrogen and oxygen atoms in total. The Morgan fingerprint density at radius 1 is 0.370 bits per heavy atom. The van der Waals surface area contributed by atoms with Crippen LogP contribution in [0.3, 0.4) is 0 Å². The molecule has 0 heterocycles. The standard InChI is InChI=1S/C44H88O2/c1-6-11-16-21-24-27-30-35-40-44(39-34-20-15-10-5,41-36-31-28-25-22-17-12-7-2)43(45)46-42(37-32-19-14-9-4)38-33-29-26-23-18-13-8-3/h42H,6-41H2,1-5H3. The molecule has 0 amide bonds. The molecule has 1 atom stereocenters. The predicted molar refractivity (Wildman–Crippen MR) is 207 cm³/mol. The molecular weight excluding hydrogens is 560 g/mol. The second-order valence-electron chi connectivity index (χ2n) is 15.3. The molecule has 0 aromatic rings. The summed E-state index contributed by atoms with van der Waals surface area (Å²) in [7, 11) is 0. The Bertz CT molecular complexity index is 579. The van der Waals surface area contributed by atoms with E-state index in [1.165, 1.54) is 199 Å². The average Bonchev–Trinajstić information content (AvgIpc) is 3.06. The van der Waals surface area contributed by atoms with Gasteiger partial charge in [0.1, 0.15) is 6.10 Å². The van der Waals surface area contributed by atoms with Crippen LogP contribution in [-0.4, -0.2) is 12.1 Å². The summed E-state index contributed by atoms with van der Waals surface area (Å²) in [6, 6.07) is 0. The van der Waals surface area contributed by atoms with Crippen molar-refractivity contribution in [3.63, 3.8) is 0 Å². The van der Waals surface area contributed by atoms with Crippen molar-refractivity contribution in [1.82, 2.24) is 0 Å². The minimum absolute atomic E-state index is 0.132. The molecule has 0 saturated heterocycles. The zero-order chi connectivity index (χ0) is 33.8. The van der Waals surface area contributed by atoms with E-state index in [1.807, 2.05) is 0 Å². The lowest BCUT2D eigenvalue weighted by Gasteiger charge is -2.34. The van der Waals surface area contributed by atoms with Gasteiger partial charge in [-0.25, -0.2) is 0 Å². The van der Waals surface area contributed by atoms with Gasteiger partial charge in [0.25, 0.3) is 0 Å². The average molecular weight is 649 g/mol. The van der Waals surface area contributed by atoms with E-state index < -0.39 is 0 Å². The van der Waals surface area contributed by atoms with Gasteiger partial charge < -0.3 is 4.74 Å². The number of rotatable bonds is 38. The molecular formula is C44H88O2. The smallest absolute Gasteiger partial charge is 0.312 e. The fraction of sp³-hybridized carbons (Fsp3) is 0.977. The first-order chi connectivity index (χ1) is 22.6. The number of carbonyl (C=O) groups is 1. The number of ether oxygens (including phenoxy) is 1. The highest BCUT2D eigenvalue weighted by Gasteiger charge is 2.39. The fourth-order valence-corrected chi connectivity index (χ4v) is 7.43. The second kappa shape index (κ2) is 35.8. The van der Waals surface area contributed by atoms with Crippen LogP contribution in [-0.2, 0) is 9.53 Å². The third-order valence-corrected chi connectivity index (χ3v) is 10.7. The summed E-state index contributed by atoms with van der Waals surface area (Å²) in [5, 5.41) is 0. The van der Waals surface area contributed by atoms with E-state index in [4.69, 9.17) is 4.74 Å². The number of hydrogen-bond acceptors (Lipinski definition) is 2. The van der Waals surface area contributed by atoms with Gasteiger partial charge in [-0.3, -0.25) is 4.79 Å². The van der Waals surface area contributed by atoms with Crippen molar-refractivity contribution in [3.05, 3.63) is 0 Å². The highest BCUT2D eigenvalue weighted by molar-refractivity contribution is 5.77. The van der Waals surface area contributed by atoms with Gasteiger partial charge in [0, 0.05) is 0 Å². The van der Waals surface area contributed by atoms with Gasteiger partial charge in [-0.15, -0.1) is 0 Å². The third-order valence-electron chi connectivity index (χ3n) is 10.7. The molecule has 276 valence electrons. The summed E-state index contributed by atoms with van der Waals surface area (Å²) in [6.07, 6.45) is 46.1. The molecule has 0 aliphatic carbocycles. The minimum atomic E-state index is -0.250. The first-order valence-corrected chi connectivity index (χ1v) is 21.8. The number of carbonyl (C=O) groups excluding carboxylic acids is 1. The molecule has 0 saturated carbocycles. The maximum Gasteiger partial charge on any atom is 0.312 e. The lowest BCUT2D eigenvalue weighted by Crippen LogP contribution is -2.36. The van der Waals surface area contributed by atoms with E-state index in [0.717, 1.165) is 32.1 Å². The zero-order valence-electron chi connectivity index (χ0n) is 32.8. The van der Waals surface area contributed by atoms with Crippen molar-refractivity contribution in [1.29, 1.82) is 0 Å². The maximum absolute atomic E-state index is 14.5. The Balaban J connectivity index is 5.50. The lowest BCUT2D eigenvalue weighted by molar-refractivity contribution is -0.164. The van der Waals surface area contributed by atoms with Crippen LogP contribution < -0.4 is 0 Å². The molecule has 0 rings (SSSR count). The van der Waals surface area contributed by atoms with E-state index in [1.54, 1.807) is 0 Å². The molecule has 0 radical (unpaired) electrons. The summed E-state index contributed by atoms with van der Waals surface area (Å²) in [6.45, 7) is 11.5. The van der Waals surface area contributed by atoms with Gasteiger partial charge in [0.15, 0.2) is 0 Å². The summed E-state index contributed by atoms with van der Waals surface area (Å²) in [4.78, 5) is 14.5. The van der Waals surface area contributed by atoms with Crippen molar-refractivity contribution in [3.8, 4) is 0 Å². The molecule has 0 aliphatic rings. The molecule has 0 aromatic carbocycles. The highest BCUT2D eigenvalue weighted by atomic mass is 16.5. The molecule has 0 aliphatic heterocycles. The summed E-state index contributed by atoms with van der Waals surface area (Å²) in [5.41, 5.74) is -0.250. The largest absolute Gasteiger partial charge is 0.462 e. The van der Waals surface area contributed by atoms with E-state index in [-0.39, 0.29) is 17.5 Å². The van der Waals surface area contributed by atoms with Crippen LogP contribution in [0.2, 0.25) is 0 Å². The summed E-state index contributed by atoms with van der Waals surface area (Å²) in [5.74, 6) is 0.207. The minimum Gasteiger partial charge on any atom is -0.462 e. The Labute approximate surface area is 292 Å². The third kappa shape index (κ3) is 27.4. The topological polar surface area (TPSA) is 26.3 Å². The summed E-state index contributed by atoms with van der Waals surface area (Å²) >= 11 is 0. The van der Waals surface area contributed by atoms with Crippen LogP contribution in [0.1, 0.15) is 266 Å². The van der Waals surface area contributed by atoms with Crippen LogP contribution in [0.15, 0.2) is 0 Å². The van der Waals surface area contributed by atoms with E-state index in [2.05, 4.69) is 34.6 Å². The first-order valence-electron chi connectivity index (χ1n) is 21.8. The van der Waals surface area contributed by atoms with E-state index >= 15 is 0 Å². The van der Waals surface area contributed by atoms with Gasteiger partial charge >= 0.3 is 5.97 Å². The first kappa shape index (κ1) is 45.5. The quantitative estimate of drug-likeness (QED) is 0.0492. The van der Waals surface area contributed by atoms with Crippen molar-refractivity contribution in [2.45, 2.75) is 272 Å². The SMILES string of the molecule is CCCCCCCCCCC(CCCCCC)(CCCCCCCCCC)C(=O)OC(CCCCCC)CCCCCCCCC. The van der Waals surface area contributed by atoms with Crippen LogP contribution in [0.5, 0.6) is 0 Å². The van der Waals surface area contributed by atoms with Gasteiger partial charge in [0.2, 0.25) is 0 Å².